The second kappa shape index (κ2) is 9.16. The molecule has 2 saturated heterocycles. The van der Waals surface area contributed by atoms with E-state index in [4.69, 9.17) is 20.8 Å². The number of halogens is 1. The smallest absolute Gasteiger partial charge is 0.287 e. The van der Waals surface area contributed by atoms with Crippen molar-refractivity contribution in [3.8, 4) is 0 Å². The zero-order valence-electron chi connectivity index (χ0n) is 16.5. The Morgan fingerprint density at radius 3 is 2.69 bits per heavy atom. The molecule has 0 radical (unpaired) electrons. The van der Waals surface area contributed by atoms with Crippen LogP contribution in [0.2, 0.25) is 0 Å². The minimum absolute atomic E-state index is 0.0494. The standard InChI is InChI=1S/C23H27ClN2O3/c24-19(15-18-5-2-1-3-6-18)17-26-12-10-23(11-13-26)9-8-20(29-23)16-25-22(27)21-7-4-14-28-21/h1-7,14-15,20H,8-13,16-17H2,(H,25,27)/b19-15-. The van der Waals surface area contributed by atoms with E-state index < -0.39 is 0 Å². The number of carbonyl (C=O) groups excluding carboxylic acids is 1. The molecule has 0 bridgehead atoms. The maximum Gasteiger partial charge on any atom is 0.287 e. The number of furan rings is 1. The number of hydrogen-bond donors (Lipinski definition) is 1. The normalized spacial score (nSPS) is 22.1. The summed E-state index contributed by atoms with van der Waals surface area (Å²) in [5.41, 5.74) is 1.08. The Bertz CT molecular complexity index is 827. The summed E-state index contributed by atoms with van der Waals surface area (Å²) in [5, 5.41) is 3.77. The lowest BCUT2D eigenvalue weighted by Gasteiger charge is -2.39. The molecule has 2 aliphatic rings. The van der Waals surface area contributed by atoms with Gasteiger partial charge >= 0.3 is 0 Å². The second-order valence-corrected chi connectivity index (χ2v) is 8.41. The van der Waals surface area contributed by atoms with Gasteiger partial charge in [-0.25, -0.2) is 0 Å². The topological polar surface area (TPSA) is 54.7 Å². The van der Waals surface area contributed by atoms with E-state index in [1.54, 1.807) is 12.1 Å². The van der Waals surface area contributed by atoms with E-state index in [9.17, 15) is 4.79 Å². The van der Waals surface area contributed by atoms with Gasteiger partial charge in [0.2, 0.25) is 0 Å². The van der Waals surface area contributed by atoms with Crippen molar-refractivity contribution >= 4 is 23.6 Å². The van der Waals surface area contributed by atoms with Crippen LogP contribution < -0.4 is 5.32 Å². The van der Waals surface area contributed by atoms with Gasteiger partial charge in [-0.2, -0.15) is 0 Å². The first-order chi connectivity index (χ1) is 14.1. The van der Waals surface area contributed by atoms with Gasteiger partial charge < -0.3 is 14.5 Å². The highest BCUT2D eigenvalue weighted by Gasteiger charge is 2.42. The molecule has 154 valence electrons. The molecule has 5 nitrogen and oxygen atoms in total. The summed E-state index contributed by atoms with van der Waals surface area (Å²) in [7, 11) is 0. The van der Waals surface area contributed by atoms with Crippen LogP contribution in [0.15, 0.2) is 58.2 Å². The van der Waals surface area contributed by atoms with Crippen molar-refractivity contribution in [1.82, 2.24) is 10.2 Å². The van der Waals surface area contributed by atoms with Crippen molar-refractivity contribution < 1.29 is 13.9 Å². The van der Waals surface area contributed by atoms with E-state index in [0.29, 0.717) is 12.3 Å². The molecular weight excluding hydrogens is 388 g/mol. The summed E-state index contributed by atoms with van der Waals surface area (Å²) in [6.45, 7) is 3.25. The minimum atomic E-state index is -0.186. The third-order valence-electron chi connectivity index (χ3n) is 5.84. The number of hydrogen-bond acceptors (Lipinski definition) is 4. The van der Waals surface area contributed by atoms with E-state index in [1.807, 2.05) is 24.3 Å². The van der Waals surface area contributed by atoms with Crippen molar-refractivity contribution in [2.24, 2.45) is 0 Å². The number of nitrogens with zero attached hydrogens (tertiary/aromatic N) is 1. The molecule has 1 spiro atoms. The van der Waals surface area contributed by atoms with Crippen molar-refractivity contribution in [2.45, 2.75) is 37.4 Å². The Balaban J connectivity index is 1.22. The van der Waals surface area contributed by atoms with E-state index in [-0.39, 0.29) is 17.6 Å². The Morgan fingerprint density at radius 1 is 1.17 bits per heavy atom. The van der Waals surface area contributed by atoms with E-state index >= 15 is 0 Å². The lowest BCUT2D eigenvalue weighted by atomic mass is 9.88. The third kappa shape index (κ3) is 5.30. The first-order valence-corrected chi connectivity index (χ1v) is 10.6. The Hall–Kier alpha value is -2.08. The van der Waals surface area contributed by atoms with Gasteiger partial charge in [0.15, 0.2) is 5.76 Å². The molecule has 4 rings (SSSR count). The molecular formula is C23H27ClN2O3. The molecule has 1 unspecified atom stereocenters. The van der Waals surface area contributed by atoms with Crippen LogP contribution in [0.1, 0.15) is 41.8 Å². The molecule has 1 amide bonds. The van der Waals surface area contributed by atoms with Gasteiger partial charge in [0.1, 0.15) is 0 Å². The molecule has 0 aliphatic carbocycles. The largest absolute Gasteiger partial charge is 0.459 e. The summed E-state index contributed by atoms with van der Waals surface area (Å²) in [6, 6.07) is 13.5. The molecule has 3 heterocycles. The molecule has 2 aliphatic heterocycles. The summed E-state index contributed by atoms with van der Waals surface area (Å²) in [6.07, 6.45) is 7.65. The van der Waals surface area contributed by atoms with E-state index in [0.717, 1.165) is 55.9 Å². The Morgan fingerprint density at radius 2 is 1.97 bits per heavy atom. The molecule has 2 fully saturated rings. The fraction of sp³-hybridized carbons (Fsp3) is 0.435. The van der Waals surface area contributed by atoms with Crippen LogP contribution in [-0.2, 0) is 4.74 Å². The molecule has 1 aromatic carbocycles. The molecule has 29 heavy (non-hydrogen) atoms. The molecule has 2 aromatic rings. The van der Waals surface area contributed by atoms with E-state index in [1.165, 1.54) is 6.26 Å². The number of rotatable bonds is 6. The fourth-order valence-electron chi connectivity index (χ4n) is 4.22. The van der Waals surface area contributed by atoms with Gasteiger partial charge in [0.05, 0.1) is 18.0 Å². The van der Waals surface area contributed by atoms with Crippen LogP contribution in [0.3, 0.4) is 0 Å². The highest BCUT2D eigenvalue weighted by atomic mass is 35.5. The number of benzene rings is 1. The van der Waals surface area contributed by atoms with Gasteiger partial charge in [0, 0.05) is 31.2 Å². The SMILES string of the molecule is O=C(NCC1CCC2(CCN(C/C(Cl)=C/c3ccccc3)CC2)O1)c1ccco1. The number of carbonyl (C=O) groups is 1. The van der Waals surface area contributed by atoms with Gasteiger partial charge in [-0.05, 0) is 49.5 Å². The van der Waals surface area contributed by atoms with Crippen LogP contribution in [0.4, 0.5) is 0 Å². The molecule has 1 atom stereocenters. The zero-order chi connectivity index (χ0) is 20.1. The van der Waals surface area contributed by atoms with E-state index in [2.05, 4.69) is 22.3 Å². The quantitative estimate of drug-likeness (QED) is 0.765. The monoisotopic (exact) mass is 414 g/mol. The molecule has 1 N–H and O–H groups in total. The average molecular weight is 415 g/mol. The highest BCUT2D eigenvalue weighted by molar-refractivity contribution is 6.31. The maximum absolute atomic E-state index is 12.0. The lowest BCUT2D eigenvalue weighted by molar-refractivity contribution is -0.0742. The third-order valence-corrected chi connectivity index (χ3v) is 6.07. The molecule has 6 heteroatoms. The number of piperidine rings is 1. The summed E-state index contributed by atoms with van der Waals surface area (Å²) < 4.78 is 11.5. The predicted molar refractivity (Wildman–Crippen MR) is 114 cm³/mol. The first-order valence-electron chi connectivity index (χ1n) is 10.2. The Labute approximate surface area is 176 Å². The number of ether oxygens (including phenoxy) is 1. The fourth-order valence-corrected chi connectivity index (χ4v) is 4.51. The maximum atomic E-state index is 12.0. The van der Waals surface area contributed by atoms with Gasteiger partial charge in [-0.1, -0.05) is 41.9 Å². The highest BCUT2D eigenvalue weighted by Crippen LogP contribution is 2.39. The molecule has 0 saturated carbocycles. The lowest BCUT2D eigenvalue weighted by Crippen LogP contribution is -2.45. The zero-order valence-corrected chi connectivity index (χ0v) is 17.2. The number of amides is 1. The number of nitrogens with one attached hydrogen (secondary N) is 1. The van der Waals surface area contributed by atoms with Crippen molar-refractivity contribution in [2.75, 3.05) is 26.2 Å². The number of likely N-dealkylation sites (tertiary alicyclic amines) is 1. The summed E-state index contributed by atoms with van der Waals surface area (Å²) >= 11 is 6.48. The van der Waals surface area contributed by atoms with Crippen molar-refractivity contribution in [3.05, 3.63) is 65.1 Å². The Kier molecular flexibility index (Phi) is 6.38. The van der Waals surface area contributed by atoms with Gasteiger partial charge in [-0.15, -0.1) is 0 Å². The first kappa shape index (κ1) is 20.2. The van der Waals surface area contributed by atoms with Crippen LogP contribution in [0, 0.1) is 0 Å². The van der Waals surface area contributed by atoms with Crippen LogP contribution >= 0.6 is 11.6 Å². The van der Waals surface area contributed by atoms with Crippen LogP contribution in [-0.4, -0.2) is 48.7 Å². The minimum Gasteiger partial charge on any atom is -0.459 e. The van der Waals surface area contributed by atoms with Gasteiger partial charge in [0.25, 0.3) is 5.91 Å². The van der Waals surface area contributed by atoms with Gasteiger partial charge in [-0.3, -0.25) is 9.69 Å². The van der Waals surface area contributed by atoms with Crippen LogP contribution in [0.25, 0.3) is 6.08 Å². The average Bonchev–Trinajstić information content (AvgIpc) is 3.40. The summed E-state index contributed by atoms with van der Waals surface area (Å²) in [4.78, 5) is 14.4. The predicted octanol–water partition coefficient (Wildman–Crippen LogP) is 4.30. The second-order valence-electron chi connectivity index (χ2n) is 7.93. The summed E-state index contributed by atoms with van der Waals surface area (Å²) in [5.74, 6) is 0.153. The van der Waals surface area contributed by atoms with Crippen molar-refractivity contribution in [1.29, 1.82) is 0 Å². The van der Waals surface area contributed by atoms with Crippen LogP contribution in [0.5, 0.6) is 0 Å². The van der Waals surface area contributed by atoms with Crippen molar-refractivity contribution in [3.63, 3.8) is 0 Å². The molecule has 1 aromatic heterocycles.